The number of pyridine rings is 2. The summed E-state index contributed by atoms with van der Waals surface area (Å²) in [6.07, 6.45) is 1.85. The van der Waals surface area contributed by atoms with Crippen LogP contribution >= 0.6 is 0 Å². The summed E-state index contributed by atoms with van der Waals surface area (Å²) in [6.45, 7) is 9.60. The van der Waals surface area contributed by atoms with E-state index in [1.165, 1.54) is 132 Å². The minimum Gasteiger partial charge on any atom is -0.255 e. The van der Waals surface area contributed by atoms with Crippen LogP contribution in [-0.2, 0) is 10.8 Å². The van der Waals surface area contributed by atoms with Crippen molar-refractivity contribution >= 4 is 43.1 Å². The Balaban J connectivity index is 0.802. The molecule has 14 aromatic rings. The van der Waals surface area contributed by atoms with Crippen molar-refractivity contribution in [3.8, 4) is 101 Å². The van der Waals surface area contributed by atoms with E-state index in [1.54, 1.807) is 0 Å². The van der Waals surface area contributed by atoms with Gasteiger partial charge < -0.3 is 0 Å². The molecule has 2 aliphatic carbocycles. The van der Waals surface area contributed by atoms with Crippen LogP contribution in [0.4, 0.5) is 0 Å². The second kappa shape index (κ2) is 18.3. The normalized spacial score (nSPS) is 13.6. The third-order valence-corrected chi connectivity index (χ3v) is 18.3. The maximum absolute atomic E-state index is 5.58. The average molecular weight is 1050 g/mol. The topological polar surface area (TPSA) is 25.8 Å². The van der Waals surface area contributed by atoms with E-state index in [9.17, 15) is 0 Å². The van der Waals surface area contributed by atoms with Crippen LogP contribution in [0.15, 0.2) is 267 Å². The van der Waals surface area contributed by atoms with Gasteiger partial charge in [-0.1, -0.05) is 240 Å². The van der Waals surface area contributed by atoms with Crippen molar-refractivity contribution in [2.75, 3.05) is 0 Å². The Labute approximate surface area is 478 Å². The van der Waals surface area contributed by atoms with Crippen LogP contribution in [0.2, 0.25) is 0 Å². The van der Waals surface area contributed by atoms with Crippen molar-refractivity contribution in [2.45, 2.75) is 38.5 Å². The molecule has 0 saturated heterocycles. The molecule has 82 heavy (non-hydrogen) atoms. The fourth-order valence-electron chi connectivity index (χ4n) is 14.4. The molecule has 0 saturated carbocycles. The number of hydrogen-bond acceptors (Lipinski definition) is 2. The van der Waals surface area contributed by atoms with Gasteiger partial charge in [0.2, 0.25) is 0 Å². The third kappa shape index (κ3) is 7.20. The molecule has 0 amide bonds. The van der Waals surface area contributed by atoms with Crippen LogP contribution in [-0.4, -0.2) is 9.97 Å². The van der Waals surface area contributed by atoms with Gasteiger partial charge in [0.15, 0.2) is 0 Å². The highest BCUT2D eigenvalue weighted by Gasteiger charge is 2.38. The zero-order valence-electron chi connectivity index (χ0n) is 46.3. The lowest BCUT2D eigenvalue weighted by atomic mass is 9.79. The Kier molecular flexibility index (Phi) is 10.7. The van der Waals surface area contributed by atoms with Crippen LogP contribution in [0.5, 0.6) is 0 Å². The lowest BCUT2D eigenvalue weighted by Crippen LogP contribution is -2.15. The predicted octanol–water partition coefficient (Wildman–Crippen LogP) is 21.4. The van der Waals surface area contributed by atoms with E-state index in [-0.39, 0.29) is 10.8 Å². The van der Waals surface area contributed by atoms with E-state index in [0.29, 0.717) is 0 Å². The highest BCUT2D eigenvalue weighted by Crippen LogP contribution is 2.55. The van der Waals surface area contributed by atoms with Gasteiger partial charge >= 0.3 is 0 Å². The van der Waals surface area contributed by atoms with Crippen LogP contribution in [0.3, 0.4) is 0 Å². The van der Waals surface area contributed by atoms with Crippen molar-refractivity contribution in [3.05, 3.63) is 289 Å². The summed E-state index contributed by atoms with van der Waals surface area (Å²) in [5.41, 5.74) is 25.9. The van der Waals surface area contributed by atoms with Gasteiger partial charge in [0, 0.05) is 28.2 Å². The molecule has 0 bridgehead atoms. The van der Waals surface area contributed by atoms with Gasteiger partial charge in [-0.05, 0) is 186 Å². The van der Waals surface area contributed by atoms with Crippen LogP contribution < -0.4 is 0 Å². The maximum atomic E-state index is 5.58. The standard InChI is InChI=1S/C80H56N2/c1-79(2)68-45-51(34-38-56(68)57-39-35-52(46-69(57)79)76-64-29-15-11-25-60(64)74(49-21-7-5-8-22-49)61-26-12-16-30-65(61)76)55-42-43-73(72-33-19-20-44-81-72)82-78(55)54-37-41-59-58-40-36-53(47-70(58)80(3,4)71(59)48-54)77-66-31-17-13-27-62(66)75(50-23-9-6-10-24-50)63-28-14-18-32-67(63)77/h5-48H,1-4H3. The van der Waals surface area contributed by atoms with Crippen molar-refractivity contribution in [2.24, 2.45) is 0 Å². The molecule has 16 rings (SSSR count). The SMILES string of the molecule is CC1(C)c2cc(-c3ccc(-c4ccccn4)nc3-c3ccc4c(c3)C(C)(C)c3cc(-c5c6ccccc6c(-c6ccccc6)c6ccccc56)ccc3-4)ccc2-c2ccc(-c3c4ccccc4c(-c4ccccc4)c4ccccc34)cc21. The summed E-state index contributed by atoms with van der Waals surface area (Å²) < 4.78 is 0. The molecule has 12 aromatic carbocycles. The van der Waals surface area contributed by atoms with E-state index in [1.807, 2.05) is 18.3 Å². The molecule has 0 unspecified atom stereocenters. The van der Waals surface area contributed by atoms with E-state index >= 15 is 0 Å². The fraction of sp³-hybridized carbons (Fsp3) is 0.0750. The smallest absolute Gasteiger partial charge is 0.0894 e. The van der Waals surface area contributed by atoms with Gasteiger partial charge in [-0.15, -0.1) is 0 Å². The van der Waals surface area contributed by atoms with E-state index in [2.05, 4.69) is 276 Å². The lowest BCUT2D eigenvalue weighted by Gasteiger charge is -2.24. The van der Waals surface area contributed by atoms with Crippen molar-refractivity contribution in [1.29, 1.82) is 0 Å². The summed E-state index contributed by atoms with van der Waals surface area (Å²) in [5.74, 6) is 0. The highest BCUT2D eigenvalue weighted by molar-refractivity contribution is 6.23. The Morgan fingerprint density at radius 3 is 0.951 bits per heavy atom. The first-order valence-corrected chi connectivity index (χ1v) is 28.7. The molecule has 0 N–H and O–H groups in total. The monoisotopic (exact) mass is 1040 g/mol. The molecule has 2 heterocycles. The molecule has 0 atom stereocenters. The molecule has 0 radical (unpaired) electrons. The first-order chi connectivity index (χ1) is 40.2. The van der Waals surface area contributed by atoms with E-state index < -0.39 is 0 Å². The van der Waals surface area contributed by atoms with E-state index in [4.69, 9.17) is 9.97 Å². The third-order valence-electron chi connectivity index (χ3n) is 18.3. The van der Waals surface area contributed by atoms with Gasteiger partial charge in [-0.3, -0.25) is 4.98 Å². The second-order valence-electron chi connectivity index (χ2n) is 23.5. The number of benzene rings is 12. The van der Waals surface area contributed by atoms with Crippen molar-refractivity contribution < 1.29 is 0 Å². The van der Waals surface area contributed by atoms with Crippen molar-refractivity contribution in [3.63, 3.8) is 0 Å². The number of hydrogen-bond donors (Lipinski definition) is 0. The predicted molar refractivity (Wildman–Crippen MR) is 345 cm³/mol. The van der Waals surface area contributed by atoms with Gasteiger partial charge in [0.25, 0.3) is 0 Å². The first kappa shape index (κ1) is 47.9. The molecular weight excluding hydrogens is 989 g/mol. The van der Waals surface area contributed by atoms with Crippen molar-refractivity contribution in [1.82, 2.24) is 9.97 Å². The van der Waals surface area contributed by atoms with Gasteiger partial charge in [-0.25, -0.2) is 4.98 Å². The van der Waals surface area contributed by atoms with Crippen LogP contribution in [0, 0.1) is 0 Å². The quantitative estimate of drug-likeness (QED) is 0.149. The molecule has 2 heteroatoms. The van der Waals surface area contributed by atoms with Crippen LogP contribution in [0.25, 0.3) is 144 Å². The fourth-order valence-corrected chi connectivity index (χ4v) is 14.4. The largest absolute Gasteiger partial charge is 0.255 e. The molecule has 0 spiro atoms. The summed E-state index contributed by atoms with van der Waals surface area (Å²) in [7, 11) is 0. The number of rotatable bonds is 7. The summed E-state index contributed by atoms with van der Waals surface area (Å²) >= 11 is 0. The minimum atomic E-state index is -0.296. The Hall–Kier alpha value is -10.0. The lowest BCUT2D eigenvalue weighted by molar-refractivity contribution is 0.660. The molecule has 2 aliphatic rings. The summed E-state index contributed by atoms with van der Waals surface area (Å²) in [6, 6.07) is 96.6. The highest BCUT2D eigenvalue weighted by atomic mass is 14.8. The summed E-state index contributed by atoms with van der Waals surface area (Å²) in [5, 5.41) is 10.1. The first-order valence-electron chi connectivity index (χ1n) is 28.7. The minimum absolute atomic E-state index is 0.279. The second-order valence-corrected chi connectivity index (χ2v) is 23.5. The Morgan fingerprint density at radius 2 is 0.561 bits per heavy atom. The van der Waals surface area contributed by atoms with Crippen LogP contribution in [0.1, 0.15) is 49.9 Å². The number of aromatic nitrogens is 2. The van der Waals surface area contributed by atoms with E-state index in [0.717, 1.165) is 33.8 Å². The molecule has 0 fully saturated rings. The zero-order valence-corrected chi connectivity index (χ0v) is 46.3. The Morgan fingerprint density at radius 1 is 0.244 bits per heavy atom. The molecule has 0 aliphatic heterocycles. The zero-order chi connectivity index (χ0) is 54.8. The Bertz CT molecular complexity index is 4840. The molecule has 2 aromatic heterocycles. The van der Waals surface area contributed by atoms with Gasteiger partial charge in [-0.2, -0.15) is 0 Å². The number of fused-ring (bicyclic) bond motifs is 10. The average Bonchev–Trinajstić information content (AvgIpc) is 2.25. The molecule has 2 nitrogen and oxygen atoms in total. The maximum Gasteiger partial charge on any atom is 0.0894 e. The molecule has 386 valence electrons. The van der Waals surface area contributed by atoms with Gasteiger partial charge in [0.05, 0.1) is 17.1 Å². The molecular formula is C80H56N2. The van der Waals surface area contributed by atoms with Gasteiger partial charge in [0.1, 0.15) is 0 Å². The number of nitrogens with zero attached hydrogens (tertiary/aromatic N) is 2. The summed E-state index contributed by atoms with van der Waals surface area (Å²) in [4.78, 5) is 10.4.